The first-order valence-electron chi connectivity index (χ1n) is 7.44. The highest BCUT2D eigenvalue weighted by molar-refractivity contribution is 7.92. The summed E-state index contributed by atoms with van der Waals surface area (Å²) in [6, 6.07) is 10.4. The van der Waals surface area contributed by atoms with Crippen molar-refractivity contribution in [2.45, 2.75) is 6.92 Å². The number of carbonyl (C=O) groups excluding carboxylic acids is 2. The number of sulfonamides is 1. The molecule has 1 N–H and O–H groups in total. The fraction of sp³-hybridized carbons (Fsp3) is 0.176. The Balaban J connectivity index is 1.80. The number of ether oxygens (including phenoxy) is 1. The minimum absolute atomic E-state index is 0.365. The Hall–Kier alpha value is -2.00. The van der Waals surface area contributed by atoms with E-state index in [1.165, 1.54) is 12.1 Å². The van der Waals surface area contributed by atoms with E-state index >= 15 is 0 Å². The van der Waals surface area contributed by atoms with E-state index in [1.54, 1.807) is 18.2 Å². The summed E-state index contributed by atoms with van der Waals surface area (Å²) in [5, 5.41) is 0.962. The first kappa shape index (κ1) is 20.3. The second-order valence-electron chi connectivity index (χ2n) is 5.27. The molecule has 0 spiro atoms. The highest BCUT2D eigenvalue weighted by atomic mass is 35.5. The van der Waals surface area contributed by atoms with Crippen LogP contribution < -0.4 is 4.72 Å². The molecule has 0 amide bonds. The number of thiophene rings is 1. The van der Waals surface area contributed by atoms with Crippen LogP contribution in [0.15, 0.2) is 41.8 Å². The van der Waals surface area contributed by atoms with Crippen LogP contribution in [-0.2, 0) is 19.6 Å². The molecule has 1 aromatic carbocycles. The van der Waals surface area contributed by atoms with Crippen molar-refractivity contribution in [2.75, 3.05) is 13.2 Å². The van der Waals surface area contributed by atoms with Crippen molar-refractivity contribution < 1.29 is 22.7 Å². The van der Waals surface area contributed by atoms with Crippen LogP contribution >= 0.6 is 22.9 Å². The van der Waals surface area contributed by atoms with Gasteiger partial charge in [-0.25, -0.2) is 13.1 Å². The van der Waals surface area contributed by atoms with Crippen molar-refractivity contribution in [2.24, 2.45) is 0 Å². The van der Waals surface area contributed by atoms with Crippen molar-refractivity contribution in [1.82, 2.24) is 4.72 Å². The van der Waals surface area contributed by atoms with E-state index in [4.69, 9.17) is 16.3 Å². The maximum absolute atomic E-state index is 11.9. The summed E-state index contributed by atoms with van der Waals surface area (Å²) in [4.78, 5) is 23.7. The number of rotatable bonds is 8. The van der Waals surface area contributed by atoms with Crippen LogP contribution in [0.1, 0.15) is 20.8 Å². The van der Waals surface area contributed by atoms with Gasteiger partial charge in [0.05, 0.1) is 9.21 Å². The number of nitrogens with one attached hydrogen (secondary N) is 1. The normalized spacial score (nSPS) is 11.6. The molecule has 0 bridgehead atoms. The number of aryl methyl sites for hydroxylation is 1. The van der Waals surface area contributed by atoms with Gasteiger partial charge in [-0.15, -0.1) is 11.3 Å². The van der Waals surface area contributed by atoms with Crippen LogP contribution in [0.3, 0.4) is 0 Å². The lowest BCUT2D eigenvalue weighted by Gasteiger charge is -2.04. The van der Waals surface area contributed by atoms with E-state index in [9.17, 15) is 18.0 Å². The number of carbonyl (C=O) groups is 2. The lowest BCUT2D eigenvalue weighted by Crippen LogP contribution is -2.30. The van der Waals surface area contributed by atoms with Crippen LogP contribution in [0.2, 0.25) is 4.34 Å². The van der Waals surface area contributed by atoms with Crippen molar-refractivity contribution in [3.05, 3.63) is 62.1 Å². The number of hydrogen-bond donors (Lipinski definition) is 1. The molecule has 2 rings (SSSR count). The topological polar surface area (TPSA) is 89.5 Å². The smallest absolute Gasteiger partial charge is 0.321 e. The number of hydrogen-bond acceptors (Lipinski definition) is 6. The van der Waals surface area contributed by atoms with Crippen LogP contribution in [0.25, 0.3) is 6.08 Å². The fourth-order valence-corrected chi connectivity index (χ4v) is 3.50. The maximum Gasteiger partial charge on any atom is 0.321 e. The molecule has 0 saturated heterocycles. The van der Waals surface area contributed by atoms with Gasteiger partial charge in [-0.2, -0.15) is 0 Å². The van der Waals surface area contributed by atoms with Gasteiger partial charge >= 0.3 is 5.97 Å². The number of esters is 1. The van der Waals surface area contributed by atoms with Gasteiger partial charge in [0, 0.05) is 5.41 Å². The summed E-state index contributed by atoms with van der Waals surface area (Å²) in [6.07, 6.45) is 1.41. The van der Waals surface area contributed by atoms with Gasteiger partial charge in [-0.05, 0) is 30.7 Å². The molecular formula is C17H16ClNO5S2. The molecule has 0 aliphatic rings. The van der Waals surface area contributed by atoms with Gasteiger partial charge in [-0.3, -0.25) is 9.59 Å². The maximum atomic E-state index is 11.9. The Morgan fingerprint density at radius 3 is 2.50 bits per heavy atom. The van der Waals surface area contributed by atoms with Gasteiger partial charge < -0.3 is 4.74 Å². The Kier molecular flexibility index (Phi) is 7.10. The third-order valence-corrected chi connectivity index (χ3v) is 5.46. The lowest BCUT2D eigenvalue weighted by molar-refractivity contribution is -0.141. The first-order valence-corrected chi connectivity index (χ1v) is 10.2. The van der Waals surface area contributed by atoms with Crippen LogP contribution in [-0.4, -0.2) is 33.3 Å². The van der Waals surface area contributed by atoms with Crippen LogP contribution in [0.4, 0.5) is 0 Å². The fourth-order valence-electron chi connectivity index (χ4n) is 1.79. The summed E-state index contributed by atoms with van der Waals surface area (Å²) >= 11 is 6.80. The molecule has 26 heavy (non-hydrogen) atoms. The van der Waals surface area contributed by atoms with E-state index < -0.39 is 34.9 Å². The molecule has 0 aliphatic carbocycles. The van der Waals surface area contributed by atoms with Crippen LogP contribution in [0, 0.1) is 6.92 Å². The molecule has 6 nitrogen and oxygen atoms in total. The highest BCUT2D eigenvalue weighted by Gasteiger charge is 2.14. The van der Waals surface area contributed by atoms with E-state index in [0.717, 1.165) is 22.3 Å². The Labute approximate surface area is 160 Å². The number of Topliss-reactive ketones (excluding diaryl/α,β-unsaturated/α-hetero) is 1. The third-order valence-electron chi connectivity index (χ3n) is 3.15. The summed E-state index contributed by atoms with van der Waals surface area (Å²) in [5.74, 6) is -1.26. The predicted octanol–water partition coefficient (Wildman–Crippen LogP) is 3.03. The molecule has 0 fully saturated rings. The molecule has 1 heterocycles. The molecule has 2 aromatic rings. The first-order chi connectivity index (χ1) is 12.2. The third kappa shape index (κ3) is 6.72. The lowest BCUT2D eigenvalue weighted by atomic mass is 10.2. The van der Waals surface area contributed by atoms with Gasteiger partial charge in [-0.1, -0.05) is 41.4 Å². The van der Waals surface area contributed by atoms with E-state index in [2.05, 4.69) is 4.72 Å². The average Bonchev–Trinajstić information content (AvgIpc) is 3.04. The van der Waals surface area contributed by atoms with Gasteiger partial charge in [0.2, 0.25) is 15.8 Å². The summed E-state index contributed by atoms with van der Waals surface area (Å²) < 4.78 is 31.0. The SMILES string of the molecule is Cc1ccc(/C=C/S(=O)(=O)NCC(=O)OCC(=O)c2ccc(Cl)s2)cc1. The molecule has 0 unspecified atom stereocenters. The largest absolute Gasteiger partial charge is 0.456 e. The zero-order valence-corrected chi connectivity index (χ0v) is 16.2. The molecule has 9 heteroatoms. The molecule has 0 atom stereocenters. The predicted molar refractivity (Wildman–Crippen MR) is 102 cm³/mol. The van der Waals surface area contributed by atoms with Crippen molar-refractivity contribution >= 4 is 50.8 Å². The van der Waals surface area contributed by atoms with Crippen molar-refractivity contribution in [1.29, 1.82) is 0 Å². The van der Waals surface area contributed by atoms with Gasteiger partial charge in [0.15, 0.2) is 6.61 Å². The van der Waals surface area contributed by atoms with E-state index in [-0.39, 0.29) is 0 Å². The Morgan fingerprint density at radius 1 is 1.19 bits per heavy atom. The zero-order valence-electron chi connectivity index (χ0n) is 13.8. The number of ketones is 1. The standard InChI is InChI=1S/C17H16ClNO5S2/c1-12-2-4-13(5-3-12)8-9-26(22,23)19-10-17(21)24-11-14(20)15-6-7-16(18)25-15/h2-9,19H,10-11H2,1H3/b9-8+. The molecule has 0 radical (unpaired) electrons. The second kappa shape index (κ2) is 9.09. The summed E-state index contributed by atoms with van der Waals surface area (Å²) in [7, 11) is -3.80. The summed E-state index contributed by atoms with van der Waals surface area (Å²) in [6.45, 7) is 0.880. The van der Waals surface area contributed by atoms with Gasteiger partial charge in [0.25, 0.3) is 0 Å². The molecule has 138 valence electrons. The molecule has 0 saturated carbocycles. The van der Waals surface area contributed by atoms with E-state index in [1.807, 2.05) is 19.1 Å². The molecule has 1 aromatic heterocycles. The Bertz CT molecular complexity index is 917. The Morgan fingerprint density at radius 2 is 1.88 bits per heavy atom. The molecular weight excluding hydrogens is 398 g/mol. The second-order valence-corrected chi connectivity index (χ2v) is 8.63. The van der Waals surface area contributed by atoms with Crippen LogP contribution in [0.5, 0.6) is 0 Å². The van der Waals surface area contributed by atoms with E-state index in [0.29, 0.717) is 14.8 Å². The van der Waals surface area contributed by atoms with Gasteiger partial charge in [0.1, 0.15) is 6.54 Å². The van der Waals surface area contributed by atoms with Crippen molar-refractivity contribution in [3.8, 4) is 0 Å². The molecule has 0 aliphatic heterocycles. The number of benzene rings is 1. The van der Waals surface area contributed by atoms with Crippen molar-refractivity contribution in [3.63, 3.8) is 0 Å². The summed E-state index contributed by atoms with van der Waals surface area (Å²) in [5.41, 5.74) is 1.77. The average molecular weight is 414 g/mol. The monoisotopic (exact) mass is 413 g/mol. The highest BCUT2D eigenvalue weighted by Crippen LogP contribution is 2.21. The quantitative estimate of drug-likeness (QED) is 0.530. The minimum Gasteiger partial charge on any atom is -0.456 e. The minimum atomic E-state index is -3.80. The zero-order chi connectivity index (χ0) is 19.2. The number of halogens is 1.